The Bertz CT molecular complexity index is 1550. The maximum absolute atomic E-state index is 14.3. The highest BCUT2D eigenvalue weighted by Gasteiger charge is 2.39. The average molecular weight is 581 g/mol. The summed E-state index contributed by atoms with van der Waals surface area (Å²) in [6.07, 6.45) is 6.57. The fourth-order valence-corrected chi connectivity index (χ4v) is 7.49. The Morgan fingerprint density at radius 2 is 1.98 bits per heavy atom. The van der Waals surface area contributed by atoms with Gasteiger partial charge in [-0.1, -0.05) is 0 Å². The van der Waals surface area contributed by atoms with Crippen LogP contribution in [0.1, 0.15) is 35.5 Å². The molecule has 218 valence electrons. The lowest BCUT2D eigenvalue weighted by atomic mass is 9.93. The van der Waals surface area contributed by atoms with Crippen LogP contribution >= 0.6 is 0 Å². The Kier molecular flexibility index (Phi) is 8.06. The Hall–Kier alpha value is -3.89. The number of aryl methyl sites for hydroxylation is 3. The molecule has 0 spiro atoms. The summed E-state index contributed by atoms with van der Waals surface area (Å²) < 4.78 is 38.7. The number of sulfonamides is 1. The Morgan fingerprint density at radius 1 is 1.22 bits per heavy atom. The number of imidazole rings is 2. The molecule has 4 heterocycles. The van der Waals surface area contributed by atoms with E-state index in [9.17, 15) is 18.5 Å². The molecule has 0 bridgehead atoms. The minimum absolute atomic E-state index is 0.0271. The van der Waals surface area contributed by atoms with Gasteiger partial charge in [0, 0.05) is 64.4 Å². The zero-order chi connectivity index (χ0) is 29.3. The monoisotopic (exact) mass is 580 g/mol. The standard InChI is InChI=1S/C28H36N8O4S/c1-20-31-27(18-32(20)2)41(38,39)36(15-21-7-9-34(10-8-21)28(37)40-4)24-12-23-11-22(13-29)5-6-26(23)35(16-24)17-25-14-30-19-33(25)3/h5-6,11,14,18-19,21,24H,7-10,12,15-17H2,1-4H3. The van der Waals surface area contributed by atoms with Gasteiger partial charge in [-0.2, -0.15) is 9.57 Å². The Morgan fingerprint density at radius 3 is 2.59 bits per heavy atom. The van der Waals surface area contributed by atoms with Gasteiger partial charge in [0.15, 0.2) is 5.03 Å². The minimum atomic E-state index is -3.96. The highest BCUT2D eigenvalue weighted by atomic mass is 32.2. The van der Waals surface area contributed by atoms with E-state index in [2.05, 4.69) is 20.9 Å². The molecule has 3 aromatic rings. The third-order valence-corrected chi connectivity index (χ3v) is 10.0. The van der Waals surface area contributed by atoms with Crippen LogP contribution in [0, 0.1) is 24.2 Å². The number of ether oxygens (including phenoxy) is 1. The number of anilines is 1. The minimum Gasteiger partial charge on any atom is -0.453 e. The molecule has 2 aromatic heterocycles. The summed E-state index contributed by atoms with van der Waals surface area (Å²) in [6, 6.07) is 7.44. The molecule has 0 aliphatic carbocycles. The number of benzene rings is 1. The van der Waals surface area contributed by atoms with Crippen LogP contribution in [0.4, 0.5) is 10.5 Å². The first-order chi connectivity index (χ1) is 19.6. The summed E-state index contributed by atoms with van der Waals surface area (Å²) in [5.41, 5.74) is 3.44. The fraction of sp³-hybridized carbons (Fsp3) is 0.500. The molecule has 2 aliphatic heterocycles. The van der Waals surface area contributed by atoms with Gasteiger partial charge in [0.1, 0.15) is 5.82 Å². The van der Waals surface area contributed by atoms with E-state index < -0.39 is 16.1 Å². The van der Waals surface area contributed by atoms with Crippen LogP contribution in [-0.4, -0.2) is 82.1 Å². The summed E-state index contributed by atoms with van der Waals surface area (Å²) >= 11 is 0. The quantitative estimate of drug-likeness (QED) is 0.417. The van der Waals surface area contributed by atoms with Crippen LogP contribution in [0.25, 0.3) is 0 Å². The van der Waals surface area contributed by atoms with E-state index in [1.165, 1.54) is 7.11 Å². The molecule has 5 rings (SSSR count). The third-order valence-electron chi connectivity index (χ3n) is 8.26. The van der Waals surface area contributed by atoms with Crippen molar-refractivity contribution in [2.75, 3.05) is 38.2 Å². The predicted molar refractivity (Wildman–Crippen MR) is 151 cm³/mol. The number of hydrogen-bond donors (Lipinski definition) is 0. The van der Waals surface area contributed by atoms with E-state index in [1.807, 2.05) is 29.9 Å². The number of rotatable bonds is 7. The molecular formula is C28H36N8O4S. The van der Waals surface area contributed by atoms with Gasteiger partial charge in [0.05, 0.1) is 37.3 Å². The van der Waals surface area contributed by atoms with Gasteiger partial charge in [-0.05, 0) is 55.9 Å². The fourth-order valence-electron chi connectivity index (χ4n) is 5.77. The van der Waals surface area contributed by atoms with Crippen LogP contribution in [0.15, 0.2) is 41.9 Å². The first-order valence-corrected chi connectivity index (χ1v) is 15.1. The number of aromatic nitrogens is 4. The molecule has 1 aromatic carbocycles. The van der Waals surface area contributed by atoms with Crippen LogP contribution in [0.5, 0.6) is 0 Å². The molecular weight excluding hydrogens is 544 g/mol. The molecule has 1 saturated heterocycles. The predicted octanol–water partition coefficient (Wildman–Crippen LogP) is 2.43. The topological polar surface area (TPSA) is 130 Å². The first kappa shape index (κ1) is 28.6. The summed E-state index contributed by atoms with van der Waals surface area (Å²) in [7, 11) is 1.12. The lowest BCUT2D eigenvalue weighted by Gasteiger charge is -2.42. The van der Waals surface area contributed by atoms with Gasteiger partial charge in [-0.15, -0.1) is 0 Å². The zero-order valence-electron chi connectivity index (χ0n) is 23.9. The van der Waals surface area contributed by atoms with Crippen molar-refractivity contribution >= 4 is 21.8 Å². The van der Waals surface area contributed by atoms with Gasteiger partial charge >= 0.3 is 6.09 Å². The molecule has 0 saturated carbocycles. The van der Waals surface area contributed by atoms with Crippen LogP contribution in [0.2, 0.25) is 0 Å². The van der Waals surface area contributed by atoms with Crippen molar-refractivity contribution in [2.45, 2.75) is 43.8 Å². The number of hydrogen-bond acceptors (Lipinski definition) is 8. The number of amides is 1. The molecule has 13 heteroatoms. The van der Waals surface area contributed by atoms with Crippen LogP contribution in [-0.2, 0) is 41.8 Å². The zero-order valence-corrected chi connectivity index (χ0v) is 24.7. The second-order valence-corrected chi connectivity index (χ2v) is 12.7. The lowest BCUT2D eigenvalue weighted by molar-refractivity contribution is 0.101. The van der Waals surface area contributed by atoms with Crippen molar-refractivity contribution in [3.63, 3.8) is 0 Å². The number of nitrogens with zero attached hydrogens (tertiary/aromatic N) is 8. The number of piperidine rings is 1. The van der Waals surface area contributed by atoms with Gasteiger partial charge in [-0.25, -0.2) is 23.2 Å². The number of nitriles is 1. The van der Waals surface area contributed by atoms with Crippen LogP contribution in [0.3, 0.4) is 0 Å². The van der Waals surface area contributed by atoms with Crippen molar-refractivity contribution in [3.8, 4) is 6.07 Å². The number of carbonyl (C=O) groups excluding carboxylic acids is 1. The second kappa shape index (κ2) is 11.5. The van der Waals surface area contributed by atoms with Crippen molar-refractivity contribution in [1.29, 1.82) is 5.26 Å². The second-order valence-electron chi connectivity index (χ2n) is 10.9. The number of methoxy groups -OCH3 is 1. The molecule has 12 nitrogen and oxygen atoms in total. The first-order valence-electron chi connectivity index (χ1n) is 13.7. The number of fused-ring (bicyclic) bond motifs is 1. The summed E-state index contributed by atoms with van der Waals surface area (Å²) in [6.45, 7) is 4.13. The van der Waals surface area contributed by atoms with Crippen molar-refractivity contribution in [2.24, 2.45) is 20.0 Å². The number of likely N-dealkylation sites (tertiary alicyclic amines) is 1. The van der Waals surface area contributed by atoms with Crippen molar-refractivity contribution in [3.05, 3.63) is 59.6 Å². The molecule has 1 fully saturated rings. The number of carbonyl (C=O) groups is 1. The van der Waals surface area contributed by atoms with Gasteiger partial charge < -0.3 is 23.7 Å². The van der Waals surface area contributed by atoms with E-state index in [0.29, 0.717) is 63.4 Å². The van der Waals surface area contributed by atoms with Gasteiger partial charge in [0.2, 0.25) is 0 Å². The van der Waals surface area contributed by atoms with E-state index in [0.717, 1.165) is 16.9 Å². The Labute approximate surface area is 240 Å². The molecule has 1 amide bonds. The van der Waals surface area contributed by atoms with Crippen LogP contribution < -0.4 is 4.90 Å². The molecule has 0 N–H and O–H groups in total. The van der Waals surface area contributed by atoms with E-state index >= 15 is 0 Å². The maximum atomic E-state index is 14.3. The van der Waals surface area contributed by atoms with Gasteiger partial charge in [0.25, 0.3) is 10.0 Å². The largest absolute Gasteiger partial charge is 0.453 e. The molecule has 1 unspecified atom stereocenters. The summed E-state index contributed by atoms with van der Waals surface area (Å²) in [5.74, 6) is 0.674. The van der Waals surface area contributed by atoms with E-state index in [1.54, 1.807) is 46.3 Å². The summed E-state index contributed by atoms with van der Waals surface area (Å²) in [5, 5.41) is 9.62. The molecule has 2 aliphatic rings. The molecule has 0 radical (unpaired) electrons. The smallest absolute Gasteiger partial charge is 0.409 e. The molecule has 41 heavy (non-hydrogen) atoms. The van der Waals surface area contributed by atoms with E-state index in [4.69, 9.17) is 4.74 Å². The van der Waals surface area contributed by atoms with Gasteiger partial charge in [-0.3, -0.25) is 0 Å². The highest BCUT2D eigenvalue weighted by Crippen LogP contribution is 2.34. The highest BCUT2D eigenvalue weighted by molar-refractivity contribution is 7.89. The van der Waals surface area contributed by atoms with E-state index in [-0.39, 0.29) is 17.0 Å². The Balaban J connectivity index is 1.50. The van der Waals surface area contributed by atoms with Crippen molar-refractivity contribution in [1.82, 2.24) is 28.3 Å². The van der Waals surface area contributed by atoms with Crippen molar-refractivity contribution < 1.29 is 17.9 Å². The summed E-state index contributed by atoms with van der Waals surface area (Å²) in [4.78, 5) is 24.5. The average Bonchev–Trinajstić information content (AvgIpc) is 3.54. The molecule has 1 atom stereocenters. The lowest BCUT2D eigenvalue weighted by Crippen LogP contribution is -2.53. The SMILES string of the molecule is COC(=O)N1CCC(CN(C2Cc3cc(C#N)ccc3N(Cc3cncn3C)C2)S(=O)(=O)c2cn(C)c(C)n2)CC1. The third kappa shape index (κ3) is 5.80. The maximum Gasteiger partial charge on any atom is 0.409 e. The normalized spacial score (nSPS) is 17.9.